The van der Waals surface area contributed by atoms with Gasteiger partial charge in [-0.15, -0.1) is 0 Å². The number of fused-ring (bicyclic) bond motifs is 2. The van der Waals surface area contributed by atoms with E-state index in [0.717, 1.165) is 4.90 Å². The van der Waals surface area contributed by atoms with Gasteiger partial charge in [0.05, 0.1) is 39.4 Å². The number of benzene rings is 2. The third kappa shape index (κ3) is 9.62. The summed E-state index contributed by atoms with van der Waals surface area (Å²) in [6, 6.07) is 10.5. The van der Waals surface area contributed by atoms with E-state index in [2.05, 4.69) is 25.8 Å². The number of nitrogens with zero attached hydrogens (tertiary/aromatic N) is 10. The fourth-order valence-electron chi connectivity index (χ4n) is 8.11. The number of primary sulfonamides is 1. The Morgan fingerprint density at radius 1 is 0.853 bits per heavy atom. The van der Waals surface area contributed by atoms with E-state index in [4.69, 9.17) is 20.6 Å². The van der Waals surface area contributed by atoms with Gasteiger partial charge in [0.15, 0.2) is 0 Å². The van der Waals surface area contributed by atoms with Crippen molar-refractivity contribution in [3.63, 3.8) is 0 Å². The number of rotatable bonds is 18. The summed E-state index contributed by atoms with van der Waals surface area (Å²) in [5, 5.41) is 19.8. The zero-order valence-corrected chi connectivity index (χ0v) is 38.3. The topological polar surface area (TPSA) is 300 Å². The number of imidazole rings is 2. The highest BCUT2D eigenvalue weighted by atomic mass is 32.2. The summed E-state index contributed by atoms with van der Waals surface area (Å²) in [7, 11) is -2.44. The van der Waals surface area contributed by atoms with Crippen molar-refractivity contribution in [1.82, 2.24) is 48.5 Å². The predicted molar refractivity (Wildman–Crippen MR) is 246 cm³/mol. The molecule has 23 nitrogen and oxygen atoms in total. The van der Waals surface area contributed by atoms with Crippen LogP contribution >= 0.6 is 0 Å². The molecule has 6 amide bonds. The van der Waals surface area contributed by atoms with Gasteiger partial charge < -0.3 is 24.5 Å². The molecule has 6 aromatic rings. The zero-order valence-electron chi connectivity index (χ0n) is 37.5. The van der Waals surface area contributed by atoms with E-state index < -0.39 is 39.6 Å². The second-order valence-corrected chi connectivity index (χ2v) is 17.9. The van der Waals surface area contributed by atoms with Crippen molar-refractivity contribution in [2.45, 2.75) is 58.1 Å². The largest absolute Gasteiger partial charge is 0.491 e. The summed E-state index contributed by atoms with van der Waals surface area (Å²) in [6.07, 6.45) is 6.48. The van der Waals surface area contributed by atoms with E-state index in [1.807, 2.05) is 6.92 Å². The summed E-state index contributed by atoms with van der Waals surface area (Å²) in [6.45, 7) is 7.13. The summed E-state index contributed by atoms with van der Waals surface area (Å²) in [5.74, 6) is -2.20. The molecule has 6 heterocycles. The number of anilines is 2. The van der Waals surface area contributed by atoms with Crippen molar-refractivity contribution in [2.24, 2.45) is 23.8 Å². The maximum absolute atomic E-state index is 13.7. The Bertz CT molecular complexity index is 3210. The molecule has 0 unspecified atom stereocenters. The Morgan fingerprint density at radius 3 is 2.13 bits per heavy atom. The van der Waals surface area contributed by atoms with Gasteiger partial charge in [-0.25, -0.2) is 23.5 Å². The van der Waals surface area contributed by atoms with Crippen molar-refractivity contribution in [3.05, 3.63) is 95.1 Å². The van der Waals surface area contributed by atoms with Gasteiger partial charge in [-0.2, -0.15) is 10.2 Å². The highest BCUT2D eigenvalue weighted by Gasteiger charge is 2.32. The van der Waals surface area contributed by atoms with Gasteiger partial charge in [0.1, 0.15) is 22.7 Å². The first-order chi connectivity index (χ1) is 32.4. The predicted octanol–water partition coefficient (Wildman–Crippen LogP) is 2.00. The molecule has 2 aliphatic rings. The highest BCUT2D eigenvalue weighted by Crippen LogP contribution is 2.32. The lowest BCUT2D eigenvalue weighted by molar-refractivity contribution is -0.140. The average molecular weight is 949 g/mol. The van der Waals surface area contributed by atoms with E-state index >= 15 is 0 Å². The molecular weight excluding hydrogens is 901 g/mol. The third-order valence-electron chi connectivity index (χ3n) is 11.5. The van der Waals surface area contributed by atoms with E-state index in [9.17, 15) is 37.2 Å². The van der Waals surface area contributed by atoms with Crippen LogP contribution in [0.25, 0.3) is 22.1 Å². The van der Waals surface area contributed by atoms with Crippen molar-refractivity contribution < 1.29 is 41.9 Å². The van der Waals surface area contributed by atoms with Crippen LogP contribution in [-0.2, 0) is 51.1 Å². The SMILES string of the molecule is CCn1nc(C)cc1C(=O)Nc1nc2cc(S(N)(=O)=O)ccc2n1C/C=C/Cn1c(NC(=O)c2cc(C)nn2C)nc2cc(C(N)=O)cc(OCCC3CN(C(=O)CCN4C(=O)C=CC4=O)C3)c21. The van der Waals surface area contributed by atoms with Crippen molar-refractivity contribution in [3.8, 4) is 5.75 Å². The fourth-order valence-corrected chi connectivity index (χ4v) is 8.65. The Balaban J connectivity index is 1.06. The first kappa shape index (κ1) is 46.5. The first-order valence-corrected chi connectivity index (χ1v) is 23.1. The van der Waals surface area contributed by atoms with Crippen molar-refractivity contribution >= 4 is 79.4 Å². The van der Waals surface area contributed by atoms with Crippen LogP contribution in [0.3, 0.4) is 0 Å². The van der Waals surface area contributed by atoms with E-state index in [1.54, 1.807) is 70.0 Å². The van der Waals surface area contributed by atoms with Crippen LogP contribution in [0.4, 0.5) is 11.9 Å². The number of ether oxygens (including phenoxy) is 1. The second kappa shape index (κ2) is 18.7. The summed E-state index contributed by atoms with van der Waals surface area (Å²) in [4.78, 5) is 88.3. The number of hydrogen-bond acceptors (Lipinski definition) is 13. The molecule has 6 N–H and O–H groups in total. The Labute approximate surface area is 388 Å². The van der Waals surface area contributed by atoms with Crippen molar-refractivity contribution in [1.29, 1.82) is 0 Å². The molecule has 2 aromatic carbocycles. The van der Waals surface area contributed by atoms with E-state index in [0.29, 0.717) is 59.7 Å². The first-order valence-electron chi connectivity index (χ1n) is 21.5. The molecular formula is C44H48N14O9S. The number of nitrogens with one attached hydrogen (secondary N) is 2. The Kier molecular flexibility index (Phi) is 12.8. The van der Waals surface area contributed by atoms with Crippen LogP contribution in [0.5, 0.6) is 5.75 Å². The lowest BCUT2D eigenvalue weighted by atomic mass is 9.96. The molecule has 8 rings (SSSR count). The van der Waals surface area contributed by atoms with Crippen LogP contribution in [0.15, 0.2) is 71.7 Å². The van der Waals surface area contributed by atoms with Gasteiger partial charge in [0.25, 0.3) is 23.6 Å². The lowest BCUT2D eigenvalue weighted by Gasteiger charge is -2.39. The minimum atomic E-state index is -4.07. The molecule has 0 atom stereocenters. The van der Waals surface area contributed by atoms with Gasteiger partial charge in [-0.05, 0) is 75.6 Å². The minimum absolute atomic E-state index is 0.00357. The number of nitrogens with two attached hydrogens (primary N) is 2. The summed E-state index contributed by atoms with van der Waals surface area (Å²) >= 11 is 0. The van der Waals surface area contributed by atoms with Gasteiger partial charge in [0, 0.05) is 70.5 Å². The van der Waals surface area contributed by atoms with E-state index in [1.165, 1.54) is 41.1 Å². The van der Waals surface area contributed by atoms with Gasteiger partial charge in [0.2, 0.25) is 33.7 Å². The Hall–Kier alpha value is -7.99. The molecule has 0 radical (unpaired) electrons. The summed E-state index contributed by atoms with van der Waals surface area (Å²) in [5.41, 5.74) is 9.18. The van der Waals surface area contributed by atoms with Crippen LogP contribution in [0, 0.1) is 19.8 Å². The molecule has 4 aromatic heterocycles. The molecule has 0 spiro atoms. The number of carbonyl (C=O) groups is 6. The van der Waals surface area contributed by atoms with Crippen LogP contribution < -0.4 is 26.2 Å². The molecule has 0 bridgehead atoms. The quantitative estimate of drug-likeness (QED) is 0.0709. The normalized spacial score (nSPS) is 14.2. The molecule has 2 aliphatic heterocycles. The maximum Gasteiger partial charge on any atom is 0.276 e. The number of amides is 6. The highest BCUT2D eigenvalue weighted by molar-refractivity contribution is 7.89. The molecule has 0 aliphatic carbocycles. The lowest BCUT2D eigenvalue weighted by Crippen LogP contribution is -2.51. The zero-order chi connectivity index (χ0) is 48.6. The van der Waals surface area contributed by atoms with Crippen LogP contribution in [0.1, 0.15) is 62.5 Å². The summed E-state index contributed by atoms with van der Waals surface area (Å²) < 4.78 is 37.2. The smallest absolute Gasteiger partial charge is 0.276 e. The number of allylic oxidation sites excluding steroid dienone is 2. The minimum Gasteiger partial charge on any atom is -0.491 e. The molecule has 24 heteroatoms. The van der Waals surface area contributed by atoms with Crippen LogP contribution in [0.2, 0.25) is 0 Å². The number of hydrogen-bond donors (Lipinski definition) is 4. The molecule has 1 fully saturated rings. The number of likely N-dealkylation sites (tertiary alicyclic amines) is 1. The van der Waals surface area contributed by atoms with Gasteiger partial charge in [-0.3, -0.25) is 53.7 Å². The Morgan fingerprint density at radius 2 is 1.49 bits per heavy atom. The second-order valence-electron chi connectivity index (χ2n) is 16.4. The third-order valence-corrected chi connectivity index (χ3v) is 12.5. The standard InChI is InChI=1S/C44H48N14O9S/c1-5-58-34(19-26(3)52-58)42(64)50-43-47-30-22-29(68(46,65)66)8-9-32(30)55(43)14-6-7-15-57-39-31(48-44(57)49-41(63)33-18-25(2)51-53(33)4)20-28(40(45)62)21-35(39)67-17-13-27-23-54(24-27)36(59)12-16-56-37(60)10-11-38(56)61/h6-11,18-22,27H,5,12-17,23-24H2,1-4H3,(H2,45,62)(H2,46,65,66)(H,47,50,64)(H,48,49,63)/b7-6+. The fraction of sp³-hybridized carbons (Fsp3) is 0.318. The van der Waals surface area contributed by atoms with E-state index in [-0.39, 0.29) is 83.8 Å². The monoisotopic (exact) mass is 948 g/mol. The number of primary amides is 1. The van der Waals surface area contributed by atoms with Crippen LogP contribution in [-0.4, -0.2) is 119 Å². The van der Waals surface area contributed by atoms with Crippen molar-refractivity contribution in [2.75, 3.05) is 36.9 Å². The van der Waals surface area contributed by atoms with Gasteiger partial charge >= 0.3 is 0 Å². The maximum atomic E-state index is 13.7. The number of carbonyl (C=O) groups excluding carboxylic acids is 6. The molecule has 354 valence electrons. The number of aromatic nitrogens is 8. The average Bonchev–Trinajstić information content (AvgIpc) is 4.08. The molecule has 1 saturated heterocycles. The number of sulfonamides is 1. The molecule has 68 heavy (non-hydrogen) atoms. The number of aryl methyl sites for hydroxylation is 4. The molecule has 0 saturated carbocycles. The van der Waals surface area contributed by atoms with Gasteiger partial charge in [-0.1, -0.05) is 12.2 Å². The number of imide groups is 1.